The number of hydrogen-bond acceptors (Lipinski definition) is 0. The van der Waals surface area contributed by atoms with E-state index in [2.05, 4.69) is 235 Å². The zero-order valence-electron chi connectivity index (χ0n) is 55.0. The van der Waals surface area contributed by atoms with Crippen LogP contribution in [0.15, 0.2) is 0 Å². The molecule has 0 radical (unpaired) electrons. The lowest BCUT2D eigenvalue weighted by molar-refractivity contribution is 1.76. The maximum Gasteiger partial charge on any atom is 0.140 e. The highest BCUT2D eigenvalue weighted by molar-refractivity contribution is 6.79. The van der Waals surface area contributed by atoms with Gasteiger partial charge in [0, 0.05) is 0 Å². The molecule has 0 saturated heterocycles. The Kier molecular flexibility index (Phi) is 13.6. The van der Waals surface area contributed by atoms with Crippen molar-refractivity contribution in [2.24, 2.45) is 0 Å². The minimum Gasteiger partial charge on any atom is -0.102 e. The van der Waals surface area contributed by atoms with Gasteiger partial charge in [-0.2, -0.15) is 0 Å². The molecule has 0 saturated carbocycles. The van der Waals surface area contributed by atoms with Crippen molar-refractivity contribution in [2.75, 3.05) is 0 Å². The highest BCUT2D eigenvalue weighted by Crippen LogP contribution is 2.38. The molecule has 350 valence electrons. The standard InChI is InChI=1S/C50H60B30/c51-21-7(8-5-1-3-13(29(59)22(5)52)40(70)46(76)42(72)15(3)33(63)31(61)11(1)27(57)24(8)54)10(18-44(74)48(78)50(80)49(79)45(18)75)26(56)37(67)19(21)20-38(68)35(65)17(36(66)39(20)69)9-6-2-4-14(30(60)23(6)53)41(71)47(77)43(73)16(4)34(64)32(62)12(2)28(58)25(9)55/h51-80H2. The lowest BCUT2D eigenvalue weighted by atomic mass is 9.54. The van der Waals surface area contributed by atoms with Crippen molar-refractivity contribution in [1.82, 2.24) is 0 Å². The first-order valence-electron chi connectivity index (χ1n) is 30.0. The summed E-state index contributed by atoms with van der Waals surface area (Å²) in [5.74, 6) is 0. The van der Waals surface area contributed by atoms with Gasteiger partial charge in [0.1, 0.15) is 235 Å². The van der Waals surface area contributed by atoms with Crippen molar-refractivity contribution in [3.05, 3.63) is 0 Å². The fourth-order valence-corrected chi connectivity index (χ4v) is 17.1. The fourth-order valence-electron chi connectivity index (χ4n) is 17.1. The van der Waals surface area contributed by atoms with Gasteiger partial charge < -0.3 is 0 Å². The number of hydrogen-bond donors (Lipinski definition) is 0. The topological polar surface area (TPSA) is 0 Å². The molecule has 0 heterocycles. The normalized spacial score (nSPS) is 12.0. The van der Waals surface area contributed by atoms with Gasteiger partial charge in [0.05, 0.1) is 0 Å². The van der Waals surface area contributed by atoms with Crippen LogP contribution in [0.4, 0.5) is 0 Å². The van der Waals surface area contributed by atoms with Crippen molar-refractivity contribution in [3.63, 3.8) is 0 Å². The van der Waals surface area contributed by atoms with Crippen LogP contribution >= 0.6 is 0 Å². The summed E-state index contributed by atoms with van der Waals surface area (Å²) in [5.41, 5.74) is 53.5. The Morgan fingerprint density at radius 2 is 0.200 bits per heavy atom. The number of rotatable bonds is 4. The molecular formula is C50H60B30. The van der Waals surface area contributed by atoms with Crippen molar-refractivity contribution in [1.29, 1.82) is 0 Å². The second kappa shape index (κ2) is 19.0. The Labute approximate surface area is 504 Å². The van der Waals surface area contributed by atoms with Crippen LogP contribution in [-0.4, -0.2) is 235 Å². The summed E-state index contributed by atoms with van der Waals surface area (Å²) in [5, 5.41) is 17.5. The summed E-state index contributed by atoms with van der Waals surface area (Å²) >= 11 is 0. The molecule has 0 N–H and O–H groups in total. The molecule has 0 fully saturated rings. The molecule has 11 rings (SSSR count). The van der Waals surface area contributed by atoms with Crippen LogP contribution in [0.5, 0.6) is 0 Å². The maximum atomic E-state index is 2.51. The lowest BCUT2D eigenvalue weighted by Gasteiger charge is -2.34. The Morgan fingerprint density at radius 1 is 0.0750 bits per heavy atom. The Balaban J connectivity index is 1.34. The van der Waals surface area contributed by atoms with Crippen molar-refractivity contribution >= 4 is 464 Å². The van der Waals surface area contributed by atoms with Crippen LogP contribution in [0.25, 0.3) is 109 Å². The first-order chi connectivity index (χ1) is 37.3. The molecule has 0 atom stereocenters. The highest BCUT2D eigenvalue weighted by Gasteiger charge is 2.33. The van der Waals surface area contributed by atoms with E-state index in [-0.39, 0.29) is 0 Å². The molecule has 80 heavy (non-hydrogen) atoms. The van der Waals surface area contributed by atoms with Gasteiger partial charge in [-0.25, -0.2) is 0 Å². The van der Waals surface area contributed by atoms with Crippen LogP contribution < -0.4 is 164 Å². The maximum absolute atomic E-state index is 2.51. The third-order valence-electron chi connectivity index (χ3n) is 23.6. The first kappa shape index (κ1) is 57.3. The first-order valence-corrected chi connectivity index (χ1v) is 30.0. The average molecular weight is 985 g/mol. The predicted octanol–water partition coefficient (Wildman–Crippen LogP) is -38.1. The van der Waals surface area contributed by atoms with Gasteiger partial charge in [-0.05, 0) is 109 Å². The van der Waals surface area contributed by atoms with Gasteiger partial charge in [0.15, 0.2) is 0 Å². The van der Waals surface area contributed by atoms with Crippen molar-refractivity contribution in [2.45, 2.75) is 0 Å². The van der Waals surface area contributed by atoms with Gasteiger partial charge >= 0.3 is 0 Å². The third-order valence-corrected chi connectivity index (χ3v) is 23.6. The Bertz CT molecular complexity index is 4700. The third kappa shape index (κ3) is 6.95. The molecule has 11 aromatic carbocycles. The Hall–Kier alpha value is -4.55. The summed E-state index contributed by atoms with van der Waals surface area (Å²) < 4.78 is 0. The molecule has 0 amide bonds. The molecule has 0 aromatic heterocycles. The zero-order chi connectivity index (χ0) is 58.9. The molecule has 0 nitrogen and oxygen atoms in total. The van der Waals surface area contributed by atoms with E-state index in [1.165, 1.54) is 273 Å². The van der Waals surface area contributed by atoms with Crippen LogP contribution in [-0.2, 0) is 0 Å². The minimum atomic E-state index is 1.38. The predicted molar refractivity (Wildman–Crippen MR) is 461 cm³/mol. The molecule has 0 aliphatic carbocycles. The summed E-state index contributed by atoms with van der Waals surface area (Å²) in [6.45, 7) is 0. The largest absolute Gasteiger partial charge is 0.140 e. The number of benzene rings is 11. The van der Waals surface area contributed by atoms with Gasteiger partial charge in [-0.1, -0.05) is 137 Å². The SMILES string of the molecule is Bc1c(B)c(B)c(-c2c(B)c(B)c(-c3c(B)c(B)c(-c4c(B)c(B)c5c(B)c(B)c6c(B)c(B)c(B)c7c(B)c(B)c4c5c67)c(B)c3B)c(B)c2-c2c(B)c(B)c3c(B)c(B)c4c(B)c(B)c(B)c5c(B)c(B)c2c3c45)c(B)c1B. The minimum absolute atomic E-state index is 1.38. The van der Waals surface area contributed by atoms with Gasteiger partial charge in [-0.3, -0.25) is 0 Å². The second-order valence-electron chi connectivity index (χ2n) is 26.2. The van der Waals surface area contributed by atoms with Crippen LogP contribution in [0.1, 0.15) is 0 Å². The molecule has 11 aromatic rings. The fraction of sp³-hybridized carbons (Fsp3) is 0. The van der Waals surface area contributed by atoms with Crippen molar-refractivity contribution < 1.29 is 0 Å². The molecule has 0 unspecified atom stereocenters. The van der Waals surface area contributed by atoms with E-state index in [0.717, 1.165) is 0 Å². The van der Waals surface area contributed by atoms with E-state index in [0.29, 0.717) is 0 Å². The van der Waals surface area contributed by atoms with Crippen LogP contribution in [0.2, 0.25) is 0 Å². The Morgan fingerprint density at radius 3 is 0.500 bits per heavy atom. The summed E-state index contributed by atoms with van der Waals surface area (Å²) in [6.07, 6.45) is 0. The van der Waals surface area contributed by atoms with Gasteiger partial charge in [0.2, 0.25) is 0 Å². The molecule has 0 aliphatic heterocycles. The van der Waals surface area contributed by atoms with E-state index in [9.17, 15) is 0 Å². The van der Waals surface area contributed by atoms with Crippen molar-refractivity contribution in [3.8, 4) is 44.5 Å². The van der Waals surface area contributed by atoms with Gasteiger partial charge in [0.25, 0.3) is 0 Å². The average Bonchev–Trinajstić information content (AvgIpc) is 2.49. The monoisotopic (exact) mass is 991 g/mol. The zero-order valence-corrected chi connectivity index (χ0v) is 55.0. The van der Waals surface area contributed by atoms with E-state index < -0.39 is 0 Å². The summed E-state index contributed by atoms with van der Waals surface area (Å²) in [4.78, 5) is 0. The summed E-state index contributed by atoms with van der Waals surface area (Å²) in [7, 11) is 72.3. The molecular weight excluding hydrogens is 925 g/mol. The highest BCUT2D eigenvalue weighted by atomic mass is 14.3. The molecule has 30 heteroatoms. The van der Waals surface area contributed by atoms with Gasteiger partial charge in [-0.15, -0.1) is 27.3 Å². The molecule has 0 aliphatic rings. The van der Waals surface area contributed by atoms with E-state index in [4.69, 9.17) is 0 Å². The van der Waals surface area contributed by atoms with E-state index in [1.807, 2.05) is 0 Å². The smallest absolute Gasteiger partial charge is 0.102 e. The quantitative estimate of drug-likeness (QED) is 0.122. The molecule has 0 spiro atoms. The second-order valence-corrected chi connectivity index (χ2v) is 26.2. The molecule has 0 bridgehead atoms. The summed E-state index contributed by atoms with van der Waals surface area (Å²) in [6, 6.07) is 0. The van der Waals surface area contributed by atoms with E-state index in [1.54, 1.807) is 0 Å². The van der Waals surface area contributed by atoms with Crippen LogP contribution in [0, 0.1) is 0 Å². The van der Waals surface area contributed by atoms with E-state index >= 15 is 0 Å². The van der Waals surface area contributed by atoms with Crippen LogP contribution in [0.3, 0.4) is 0 Å². The lowest BCUT2D eigenvalue weighted by Crippen LogP contribution is -2.56.